The molecule has 0 bridgehead atoms. The van der Waals surface area contributed by atoms with E-state index in [9.17, 15) is 13.2 Å². The zero-order valence-corrected chi connectivity index (χ0v) is 15.4. The van der Waals surface area contributed by atoms with Gasteiger partial charge in [-0.1, -0.05) is 24.8 Å². The first kappa shape index (κ1) is 19.2. The van der Waals surface area contributed by atoms with E-state index in [0.29, 0.717) is 22.4 Å². The van der Waals surface area contributed by atoms with Gasteiger partial charge in [0.1, 0.15) is 12.4 Å². The molecule has 2 rings (SSSR count). The molecule has 0 aliphatic rings. The zero-order chi connectivity index (χ0) is 18.4. The summed E-state index contributed by atoms with van der Waals surface area (Å²) in [5.41, 5.74) is 1.54. The summed E-state index contributed by atoms with van der Waals surface area (Å²) in [5, 5.41) is 0. The third kappa shape index (κ3) is 5.18. The predicted molar refractivity (Wildman–Crippen MR) is 99.1 cm³/mol. The molecule has 0 atom stereocenters. The Morgan fingerprint density at radius 3 is 2.44 bits per heavy atom. The van der Waals surface area contributed by atoms with Crippen molar-refractivity contribution in [2.75, 3.05) is 12.5 Å². The van der Waals surface area contributed by atoms with Crippen molar-refractivity contribution in [3.63, 3.8) is 0 Å². The van der Waals surface area contributed by atoms with Crippen molar-refractivity contribution in [2.24, 2.45) is 0 Å². The summed E-state index contributed by atoms with van der Waals surface area (Å²) in [6.07, 6.45) is 0. The van der Waals surface area contributed by atoms with Gasteiger partial charge in [-0.25, -0.2) is 8.42 Å². The second-order valence-electron chi connectivity index (χ2n) is 5.62. The summed E-state index contributed by atoms with van der Waals surface area (Å²) in [7, 11) is -3.56. The molecule has 0 aromatic heterocycles. The van der Waals surface area contributed by atoms with E-state index in [1.54, 1.807) is 48.5 Å². The topological polar surface area (TPSA) is 60.4 Å². The standard InChI is InChI=1S/C19H19ClO4S/c1-14(11-20)12-24-19-9-8-16(15(2)21)10-17(19)13-25(22,23)18-6-4-3-5-7-18/h3-10H,1,11-13H2,2H3. The normalized spacial score (nSPS) is 11.1. The summed E-state index contributed by atoms with van der Waals surface area (Å²) in [5.74, 6) is 0.245. The van der Waals surface area contributed by atoms with Gasteiger partial charge in [0.2, 0.25) is 0 Å². The summed E-state index contributed by atoms with van der Waals surface area (Å²) >= 11 is 5.69. The molecule has 0 aliphatic heterocycles. The van der Waals surface area contributed by atoms with Crippen molar-refractivity contribution >= 4 is 27.2 Å². The minimum atomic E-state index is -3.56. The van der Waals surface area contributed by atoms with E-state index in [1.165, 1.54) is 6.92 Å². The van der Waals surface area contributed by atoms with Gasteiger partial charge in [0, 0.05) is 17.0 Å². The van der Waals surface area contributed by atoms with Gasteiger partial charge in [0.05, 0.1) is 10.6 Å². The Morgan fingerprint density at radius 2 is 1.84 bits per heavy atom. The molecule has 0 aliphatic carbocycles. The van der Waals surface area contributed by atoms with Gasteiger partial charge in [-0.15, -0.1) is 11.6 Å². The van der Waals surface area contributed by atoms with Crippen LogP contribution in [0.15, 0.2) is 65.6 Å². The molecule has 0 heterocycles. The van der Waals surface area contributed by atoms with Crippen LogP contribution in [0.2, 0.25) is 0 Å². The SMILES string of the molecule is C=C(CCl)COc1ccc(C(C)=O)cc1CS(=O)(=O)c1ccccc1. The number of rotatable bonds is 8. The number of alkyl halides is 1. The average Bonchev–Trinajstić information content (AvgIpc) is 2.60. The Bertz CT molecular complexity index is 874. The van der Waals surface area contributed by atoms with E-state index in [0.717, 1.165) is 0 Å². The molecular weight excluding hydrogens is 360 g/mol. The highest BCUT2D eigenvalue weighted by molar-refractivity contribution is 7.90. The van der Waals surface area contributed by atoms with Crippen molar-refractivity contribution < 1.29 is 17.9 Å². The first-order valence-corrected chi connectivity index (χ1v) is 9.79. The fraction of sp³-hybridized carbons (Fsp3) is 0.211. The van der Waals surface area contributed by atoms with Gasteiger partial charge < -0.3 is 4.74 Å². The Balaban J connectivity index is 2.37. The number of ketones is 1. The lowest BCUT2D eigenvalue weighted by atomic mass is 10.1. The molecule has 4 nitrogen and oxygen atoms in total. The lowest BCUT2D eigenvalue weighted by molar-refractivity contribution is 0.101. The van der Waals surface area contributed by atoms with E-state index >= 15 is 0 Å². The molecule has 0 unspecified atom stereocenters. The van der Waals surface area contributed by atoms with Crippen LogP contribution in [0.1, 0.15) is 22.8 Å². The van der Waals surface area contributed by atoms with Gasteiger partial charge in [-0.2, -0.15) is 0 Å². The van der Waals surface area contributed by atoms with Crippen LogP contribution in [0.3, 0.4) is 0 Å². The minimum absolute atomic E-state index is 0.143. The summed E-state index contributed by atoms with van der Waals surface area (Å²) in [6, 6.07) is 12.9. The van der Waals surface area contributed by atoms with Gasteiger partial charge in [0.15, 0.2) is 15.6 Å². The van der Waals surface area contributed by atoms with Gasteiger partial charge in [-0.05, 0) is 42.8 Å². The van der Waals surface area contributed by atoms with Crippen molar-refractivity contribution in [1.29, 1.82) is 0 Å². The highest BCUT2D eigenvalue weighted by atomic mass is 35.5. The Kier molecular flexibility index (Phi) is 6.39. The Hall–Kier alpha value is -2.11. The highest BCUT2D eigenvalue weighted by Gasteiger charge is 2.19. The van der Waals surface area contributed by atoms with E-state index in [-0.39, 0.29) is 28.9 Å². The molecule has 132 valence electrons. The van der Waals surface area contributed by atoms with E-state index < -0.39 is 9.84 Å². The van der Waals surface area contributed by atoms with E-state index in [2.05, 4.69) is 6.58 Å². The maximum absolute atomic E-state index is 12.7. The molecule has 0 N–H and O–H groups in total. The molecule has 25 heavy (non-hydrogen) atoms. The monoisotopic (exact) mass is 378 g/mol. The van der Waals surface area contributed by atoms with Crippen LogP contribution >= 0.6 is 11.6 Å². The number of ether oxygens (including phenoxy) is 1. The van der Waals surface area contributed by atoms with Crippen LogP contribution < -0.4 is 4.74 Å². The largest absolute Gasteiger partial charge is 0.489 e. The molecule has 0 saturated carbocycles. The molecule has 0 fully saturated rings. The van der Waals surface area contributed by atoms with Crippen molar-refractivity contribution in [3.05, 3.63) is 71.8 Å². The van der Waals surface area contributed by atoms with Crippen molar-refractivity contribution in [2.45, 2.75) is 17.6 Å². The maximum Gasteiger partial charge on any atom is 0.182 e. The fourth-order valence-electron chi connectivity index (χ4n) is 2.19. The van der Waals surface area contributed by atoms with Crippen molar-refractivity contribution in [3.8, 4) is 5.75 Å². The van der Waals surface area contributed by atoms with Crippen LogP contribution in [0, 0.1) is 0 Å². The summed E-state index contributed by atoms with van der Waals surface area (Å²) in [4.78, 5) is 11.9. The van der Waals surface area contributed by atoms with Crippen LogP contribution in [0.25, 0.3) is 0 Å². The number of sulfone groups is 1. The predicted octanol–water partition coefficient (Wildman–Crippen LogP) is 4.04. The highest BCUT2D eigenvalue weighted by Crippen LogP contribution is 2.26. The first-order valence-electron chi connectivity index (χ1n) is 7.60. The lowest BCUT2D eigenvalue weighted by Gasteiger charge is -2.13. The number of hydrogen-bond donors (Lipinski definition) is 0. The maximum atomic E-state index is 12.7. The van der Waals surface area contributed by atoms with Crippen LogP contribution in [0.5, 0.6) is 5.75 Å². The third-order valence-corrected chi connectivity index (χ3v) is 5.60. The van der Waals surface area contributed by atoms with E-state index in [1.807, 2.05) is 0 Å². The average molecular weight is 379 g/mol. The molecule has 0 radical (unpaired) electrons. The minimum Gasteiger partial charge on any atom is -0.489 e. The second kappa shape index (κ2) is 8.32. The van der Waals surface area contributed by atoms with Crippen LogP contribution in [-0.2, 0) is 15.6 Å². The van der Waals surface area contributed by atoms with E-state index in [4.69, 9.17) is 16.3 Å². The number of carbonyl (C=O) groups excluding carboxylic acids is 1. The second-order valence-corrected chi connectivity index (χ2v) is 7.88. The zero-order valence-electron chi connectivity index (χ0n) is 13.9. The number of carbonyl (C=O) groups is 1. The molecule has 2 aromatic carbocycles. The number of hydrogen-bond acceptors (Lipinski definition) is 4. The third-order valence-electron chi connectivity index (χ3n) is 3.54. The Morgan fingerprint density at radius 1 is 1.16 bits per heavy atom. The number of Topliss-reactive ketones (excluding diaryl/α,β-unsaturated/α-hetero) is 1. The molecule has 0 saturated heterocycles. The van der Waals surface area contributed by atoms with Crippen LogP contribution in [0.4, 0.5) is 0 Å². The van der Waals surface area contributed by atoms with Crippen LogP contribution in [-0.4, -0.2) is 26.7 Å². The molecule has 0 spiro atoms. The number of halogens is 1. The fourth-order valence-corrected chi connectivity index (χ4v) is 3.64. The summed E-state index contributed by atoms with van der Waals surface area (Å²) < 4.78 is 30.9. The number of benzene rings is 2. The van der Waals surface area contributed by atoms with Gasteiger partial charge >= 0.3 is 0 Å². The van der Waals surface area contributed by atoms with Crippen molar-refractivity contribution in [1.82, 2.24) is 0 Å². The first-order chi connectivity index (χ1) is 11.8. The molecule has 6 heteroatoms. The molecular formula is C19H19ClO4S. The van der Waals surface area contributed by atoms with Gasteiger partial charge in [-0.3, -0.25) is 4.79 Å². The lowest BCUT2D eigenvalue weighted by Crippen LogP contribution is -2.09. The molecule has 2 aromatic rings. The Labute approximate surface area is 153 Å². The molecule has 0 amide bonds. The smallest absolute Gasteiger partial charge is 0.182 e. The quantitative estimate of drug-likeness (QED) is 0.395. The summed E-state index contributed by atoms with van der Waals surface area (Å²) in [6.45, 7) is 5.37. The van der Waals surface area contributed by atoms with Gasteiger partial charge in [0.25, 0.3) is 0 Å².